The molecule has 0 aromatic heterocycles. The van der Waals surface area contributed by atoms with E-state index in [1.165, 1.54) is 5.56 Å². The molecule has 0 spiro atoms. The Hall–Kier alpha value is -0.740. The molecular weight excluding hydrogens is 287 g/mol. The van der Waals surface area contributed by atoms with Gasteiger partial charge in [-0.2, -0.15) is 13.2 Å². The van der Waals surface area contributed by atoms with Crippen molar-refractivity contribution in [1.82, 2.24) is 5.32 Å². The predicted octanol–water partition coefficient (Wildman–Crippen LogP) is 4.91. The van der Waals surface area contributed by atoms with E-state index in [1.807, 2.05) is 18.2 Å². The highest BCUT2D eigenvalue weighted by Gasteiger charge is 2.30. The molecule has 0 aliphatic heterocycles. The van der Waals surface area contributed by atoms with Crippen LogP contribution < -0.4 is 5.32 Å². The third kappa shape index (κ3) is 4.98. The molecule has 1 N–H and O–H groups in total. The number of hydrogen-bond donors (Lipinski definition) is 1. The molecule has 0 radical (unpaired) electrons. The van der Waals surface area contributed by atoms with Crippen molar-refractivity contribution in [2.45, 2.75) is 50.2 Å². The first-order chi connectivity index (χ1) is 9.44. The van der Waals surface area contributed by atoms with Gasteiger partial charge in [0, 0.05) is 17.5 Å². The van der Waals surface area contributed by atoms with Crippen molar-refractivity contribution in [1.29, 1.82) is 0 Å². The van der Waals surface area contributed by atoms with Gasteiger partial charge >= 0.3 is 6.18 Å². The molecule has 20 heavy (non-hydrogen) atoms. The van der Waals surface area contributed by atoms with Crippen LogP contribution in [0.5, 0.6) is 0 Å². The average molecular weight is 306 g/mol. The van der Waals surface area contributed by atoms with E-state index in [1.54, 1.807) is 0 Å². The minimum absolute atomic E-state index is 0.209. The fourth-order valence-corrected chi connectivity index (χ4v) is 2.77. The van der Waals surface area contributed by atoms with Crippen LogP contribution in [0, 0.1) is 0 Å². The standard InChI is InChI=1S/C15H19ClF3N/c16-13-5-3-4-11(8-13)12-9-14(10-12)20-7-2-1-6-15(17,18)19/h3-5,8,12,14,20H,1-2,6-7,9-10H2. The van der Waals surface area contributed by atoms with Gasteiger partial charge in [-0.05, 0) is 55.8 Å². The smallest absolute Gasteiger partial charge is 0.314 e. The molecule has 1 saturated carbocycles. The van der Waals surface area contributed by atoms with Crippen molar-refractivity contribution < 1.29 is 13.2 Å². The van der Waals surface area contributed by atoms with Gasteiger partial charge in [-0.1, -0.05) is 23.7 Å². The van der Waals surface area contributed by atoms with Crippen molar-refractivity contribution in [3.63, 3.8) is 0 Å². The van der Waals surface area contributed by atoms with E-state index in [4.69, 9.17) is 11.6 Å². The molecule has 1 aromatic rings. The number of rotatable bonds is 6. The Morgan fingerprint density at radius 2 is 1.95 bits per heavy atom. The summed E-state index contributed by atoms with van der Waals surface area (Å²) < 4.78 is 35.9. The van der Waals surface area contributed by atoms with Crippen LogP contribution in [-0.4, -0.2) is 18.8 Å². The summed E-state index contributed by atoms with van der Waals surface area (Å²) in [5.41, 5.74) is 1.26. The van der Waals surface area contributed by atoms with Crippen LogP contribution in [0.2, 0.25) is 5.02 Å². The first kappa shape index (κ1) is 15.6. The Kier molecular flexibility index (Phi) is 5.33. The molecule has 0 bridgehead atoms. The van der Waals surface area contributed by atoms with Gasteiger partial charge in [0.05, 0.1) is 0 Å². The molecule has 0 amide bonds. The summed E-state index contributed by atoms with van der Waals surface area (Å²) in [7, 11) is 0. The fraction of sp³-hybridized carbons (Fsp3) is 0.600. The van der Waals surface area contributed by atoms with Crippen molar-refractivity contribution in [2.24, 2.45) is 0 Å². The molecule has 0 atom stereocenters. The molecule has 1 aliphatic rings. The van der Waals surface area contributed by atoms with Crippen molar-refractivity contribution >= 4 is 11.6 Å². The summed E-state index contributed by atoms with van der Waals surface area (Å²) in [6, 6.07) is 8.32. The highest BCUT2D eigenvalue weighted by molar-refractivity contribution is 6.30. The van der Waals surface area contributed by atoms with E-state index in [0.717, 1.165) is 17.9 Å². The van der Waals surface area contributed by atoms with Gasteiger partial charge in [0.1, 0.15) is 0 Å². The largest absolute Gasteiger partial charge is 0.389 e. The SMILES string of the molecule is FC(F)(F)CCCCNC1CC(c2cccc(Cl)c2)C1. The number of unbranched alkanes of at least 4 members (excludes halogenated alkanes) is 1. The van der Waals surface area contributed by atoms with Gasteiger partial charge in [-0.25, -0.2) is 0 Å². The highest BCUT2D eigenvalue weighted by Crippen LogP contribution is 2.37. The zero-order valence-electron chi connectivity index (χ0n) is 11.2. The number of nitrogens with one attached hydrogen (secondary N) is 1. The van der Waals surface area contributed by atoms with E-state index < -0.39 is 12.6 Å². The van der Waals surface area contributed by atoms with Crippen LogP contribution in [0.1, 0.15) is 43.6 Å². The second-order valence-corrected chi connectivity index (χ2v) is 5.88. The molecule has 5 heteroatoms. The molecule has 112 valence electrons. The molecule has 1 aromatic carbocycles. The fourth-order valence-electron chi connectivity index (χ4n) is 2.57. The molecule has 1 nitrogen and oxygen atoms in total. The maximum Gasteiger partial charge on any atom is 0.389 e. The van der Waals surface area contributed by atoms with Gasteiger partial charge in [-0.3, -0.25) is 0 Å². The number of benzene rings is 1. The van der Waals surface area contributed by atoms with E-state index in [9.17, 15) is 13.2 Å². The van der Waals surface area contributed by atoms with Gasteiger partial charge in [-0.15, -0.1) is 0 Å². The molecule has 1 aliphatic carbocycles. The van der Waals surface area contributed by atoms with Gasteiger partial charge < -0.3 is 5.32 Å². The zero-order valence-corrected chi connectivity index (χ0v) is 12.0. The Labute approximate surface area is 122 Å². The van der Waals surface area contributed by atoms with Crippen molar-refractivity contribution in [3.8, 4) is 0 Å². The van der Waals surface area contributed by atoms with Crippen LogP contribution in [0.15, 0.2) is 24.3 Å². The van der Waals surface area contributed by atoms with E-state index >= 15 is 0 Å². The van der Waals surface area contributed by atoms with Crippen LogP contribution in [0.25, 0.3) is 0 Å². The lowest BCUT2D eigenvalue weighted by atomic mass is 9.76. The Morgan fingerprint density at radius 1 is 1.20 bits per heavy atom. The van der Waals surface area contributed by atoms with Gasteiger partial charge in [0.15, 0.2) is 0 Å². The maximum absolute atomic E-state index is 12.0. The minimum atomic E-state index is -4.02. The third-order valence-electron chi connectivity index (χ3n) is 3.78. The number of hydrogen-bond acceptors (Lipinski definition) is 1. The zero-order chi connectivity index (χ0) is 14.6. The second-order valence-electron chi connectivity index (χ2n) is 5.45. The van der Waals surface area contributed by atoms with Crippen LogP contribution in [-0.2, 0) is 0 Å². The topological polar surface area (TPSA) is 12.0 Å². The monoisotopic (exact) mass is 305 g/mol. The van der Waals surface area contributed by atoms with Crippen LogP contribution in [0.4, 0.5) is 13.2 Å². The van der Waals surface area contributed by atoms with Crippen molar-refractivity contribution in [3.05, 3.63) is 34.9 Å². The Morgan fingerprint density at radius 3 is 2.60 bits per heavy atom. The first-order valence-corrected chi connectivity index (χ1v) is 7.37. The molecule has 0 saturated heterocycles. The van der Waals surface area contributed by atoms with Crippen molar-refractivity contribution in [2.75, 3.05) is 6.54 Å². The van der Waals surface area contributed by atoms with E-state index in [0.29, 0.717) is 24.9 Å². The molecule has 2 rings (SSSR count). The number of halogens is 4. The summed E-state index contributed by atoms with van der Waals surface area (Å²) in [5.74, 6) is 0.529. The maximum atomic E-state index is 12.0. The minimum Gasteiger partial charge on any atom is -0.314 e. The van der Waals surface area contributed by atoms with Crippen LogP contribution >= 0.6 is 11.6 Å². The quantitative estimate of drug-likeness (QED) is 0.736. The summed E-state index contributed by atoms with van der Waals surface area (Å²) >= 11 is 5.95. The first-order valence-electron chi connectivity index (χ1n) is 6.99. The Bertz CT molecular complexity index is 427. The lowest BCUT2D eigenvalue weighted by molar-refractivity contribution is -0.135. The summed E-state index contributed by atoms with van der Waals surface area (Å²) in [6.45, 7) is 0.670. The number of alkyl halides is 3. The molecule has 0 heterocycles. The average Bonchev–Trinajstić information content (AvgIpc) is 2.29. The van der Waals surface area contributed by atoms with Gasteiger partial charge in [0.2, 0.25) is 0 Å². The normalized spacial score (nSPS) is 22.6. The van der Waals surface area contributed by atoms with E-state index in [2.05, 4.69) is 11.4 Å². The highest BCUT2D eigenvalue weighted by atomic mass is 35.5. The second kappa shape index (κ2) is 6.81. The lowest BCUT2D eigenvalue weighted by Crippen LogP contribution is -2.40. The van der Waals surface area contributed by atoms with Crippen LogP contribution in [0.3, 0.4) is 0 Å². The van der Waals surface area contributed by atoms with E-state index in [-0.39, 0.29) is 6.42 Å². The molecule has 1 fully saturated rings. The molecular formula is C15H19ClF3N. The third-order valence-corrected chi connectivity index (χ3v) is 4.01. The summed E-state index contributed by atoms with van der Waals surface area (Å²) in [6.07, 6.45) is -1.82. The predicted molar refractivity (Wildman–Crippen MR) is 75.1 cm³/mol. The van der Waals surface area contributed by atoms with Gasteiger partial charge in [0.25, 0.3) is 0 Å². The lowest BCUT2D eigenvalue weighted by Gasteiger charge is -2.36. The summed E-state index contributed by atoms with van der Waals surface area (Å²) in [5, 5.41) is 4.07. The summed E-state index contributed by atoms with van der Waals surface area (Å²) in [4.78, 5) is 0. The Balaban J connectivity index is 1.58. The molecule has 0 unspecified atom stereocenters.